The lowest BCUT2D eigenvalue weighted by Gasteiger charge is -2.22. The number of hydrogen-bond donors (Lipinski definition) is 1. The predicted octanol–water partition coefficient (Wildman–Crippen LogP) is -0.444. The van der Waals surface area contributed by atoms with Gasteiger partial charge in [0.25, 0.3) is 5.95 Å². The van der Waals surface area contributed by atoms with Gasteiger partial charge >= 0.3 is 0 Å². The average Bonchev–Trinajstić information content (AvgIpc) is 3.43. The first kappa shape index (κ1) is 19.8. The van der Waals surface area contributed by atoms with Crippen molar-refractivity contribution in [3.63, 3.8) is 0 Å². The second-order valence-electron chi connectivity index (χ2n) is 6.73. The van der Waals surface area contributed by atoms with Crippen LogP contribution in [0.25, 0.3) is 11.4 Å². The first-order valence-corrected chi connectivity index (χ1v) is 9.10. The number of methoxy groups -OCH3 is 1. The summed E-state index contributed by atoms with van der Waals surface area (Å²) < 4.78 is 21.5. The molecule has 13 heteroatoms. The zero-order valence-corrected chi connectivity index (χ0v) is 16.4. The summed E-state index contributed by atoms with van der Waals surface area (Å²) >= 11 is 0. The Bertz CT molecular complexity index is 1030. The number of aryl methyl sites for hydroxylation is 1. The molecule has 1 amide bonds. The number of halogens is 1. The minimum Gasteiger partial charge on any atom is -0.394 e. The third-order valence-electron chi connectivity index (χ3n) is 4.76. The smallest absolute Gasteiger partial charge is 0.267 e. The molecule has 3 heterocycles. The Hall–Kier alpha value is -3.45. The highest BCUT2D eigenvalue weighted by atomic mass is 19.1. The van der Waals surface area contributed by atoms with E-state index in [1.807, 2.05) is 4.90 Å². The van der Waals surface area contributed by atoms with Crippen LogP contribution in [0.15, 0.2) is 18.2 Å². The van der Waals surface area contributed by atoms with E-state index in [2.05, 4.69) is 25.5 Å². The number of nitrogens with zero attached hydrogens (tertiary/aromatic N) is 9. The molecule has 0 bridgehead atoms. The SMILES string of the molecule is CO[C@@H](CO)CN(C=O)c1ccc(-c2nc3n(n2)CN(c2nnn(C)n2)C3)c(F)c1. The molecule has 0 saturated carbocycles. The molecule has 0 saturated heterocycles. The number of aliphatic hydroxyl groups is 1. The summed E-state index contributed by atoms with van der Waals surface area (Å²) in [6.45, 7) is 0.647. The number of carbonyl (C=O) groups is 1. The molecule has 3 aromatic rings. The Morgan fingerprint density at radius 3 is 2.83 bits per heavy atom. The van der Waals surface area contributed by atoms with Crippen LogP contribution in [0.3, 0.4) is 0 Å². The Morgan fingerprint density at radius 1 is 1.40 bits per heavy atom. The summed E-state index contributed by atoms with van der Waals surface area (Å²) in [5, 5.41) is 25.5. The van der Waals surface area contributed by atoms with Gasteiger partial charge in [-0.1, -0.05) is 5.10 Å². The third kappa shape index (κ3) is 3.71. The predicted molar refractivity (Wildman–Crippen MR) is 102 cm³/mol. The molecule has 1 aliphatic rings. The molecule has 1 atom stereocenters. The van der Waals surface area contributed by atoms with Crippen LogP contribution in [0.2, 0.25) is 0 Å². The number of amides is 1. The fraction of sp³-hybridized carbons (Fsp3) is 0.412. The van der Waals surface area contributed by atoms with Crippen LogP contribution in [0.4, 0.5) is 16.0 Å². The maximum atomic E-state index is 14.8. The zero-order valence-electron chi connectivity index (χ0n) is 16.4. The van der Waals surface area contributed by atoms with Gasteiger partial charge in [0.05, 0.1) is 38.4 Å². The molecule has 12 nitrogen and oxygen atoms in total. The highest BCUT2D eigenvalue weighted by molar-refractivity contribution is 5.76. The molecule has 0 spiro atoms. The van der Waals surface area contributed by atoms with Crippen LogP contribution in [0.1, 0.15) is 5.82 Å². The van der Waals surface area contributed by atoms with Gasteiger partial charge in [0.1, 0.15) is 18.3 Å². The van der Waals surface area contributed by atoms with E-state index >= 15 is 0 Å². The number of aromatic nitrogens is 7. The summed E-state index contributed by atoms with van der Waals surface area (Å²) in [7, 11) is 3.11. The standard InChI is InChI=1S/C17H20FN9O3/c1-24-22-17(20-23-24)25-7-15-19-16(21-27(15)9-25)13-4-3-11(5-14(13)18)26(10-29)6-12(8-28)30-2/h3-5,10,12,28H,6-9H2,1-2H3/t12-/m1/s1. The van der Waals surface area contributed by atoms with E-state index in [0.717, 1.165) is 0 Å². The van der Waals surface area contributed by atoms with Crippen molar-refractivity contribution < 1.29 is 19.0 Å². The Labute approximate surface area is 170 Å². The monoisotopic (exact) mass is 417 g/mol. The lowest BCUT2D eigenvalue weighted by Crippen LogP contribution is -2.34. The van der Waals surface area contributed by atoms with E-state index in [9.17, 15) is 14.3 Å². The van der Waals surface area contributed by atoms with Crippen molar-refractivity contribution in [1.82, 2.24) is 35.0 Å². The van der Waals surface area contributed by atoms with Gasteiger partial charge in [-0.3, -0.25) is 4.79 Å². The van der Waals surface area contributed by atoms with Crippen molar-refractivity contribution in [1.29, 1.82) is 0 Å². The van der Waals surface area contributed by atoms with Crippen molar-refractivity contribution in [2.45, 2.75) is 19.3 Å². The van der Waals surface area contributed by atoms with Crippen LogP contribution in [0.5, 0.6) is 0 Å². The van der Waals surface area contributed by atoms with Gasteiger partial charge in [-0.15, -0.1) is 10.2 Å². The number of aliphatic hydroxyl groups excluding tert-OH is 1. The second-order valence-corrected chi connectivity index (χ2v) is 6.73. The summed E-state index contributed by atoms with van der Waals surface area (Å²) in [4.78, 5) is 20.3. The van der Waals surface area contributed by atoms with Gasteiger partial charge < -0.3 is 19.6 Å². The van der Waals surface area contributed by atoms with Crippen LogP contribution in [0, 0.1) is 5.82 Å². The molecule has 0 fully saturated rings. The Kier molecular flexibility index (Phi) is 5.37. The van der Waals surface area contributed by atoms with E-state index in [-0.39, 0.29) is 24.5 Å². The minimum absolute atomic E-state index is 0.0958. The summed E-state index contributed by atoms with van der Waals surface area (Å²) in [5.74, 6) is 0.812. The fourth-order valence-electron chi connectivity index (χ4n) is 3.14. The average molecular weight is 417 g/mol. The van der Waals surface area contributed by atoms with Gasteiger partial charge in [-0.05, 0) is 23.4 Å². The van der Waals surface area contributed by atoms with E-state index in [1.165, 1.54) is 28.9 Å². The molecule has 1 N–H and O–H groups in total. The number of rotatable bonds is 8. The van der Waals surface area contributed by atoms with Crippen LogP contribution >= 0.6 is 0 Å². The molecular formula is C17H20FN9O3. The molecule has 4 rings (SSSR count). The quantitative estimate of drug-likeness (QED) is 0.485. The van der Waals surface area contributed by atoms with Crippen molar-refractivity contribution >= 4 is 18.0 Å². The van der Waals surface area contributed by atoms with Gasteiger partial charge in [-0.25, -0.2) is 14.1 Å². The molecule has 1 aliphatic heterocycles. The molecule has 158 valence electrons. The highest BCUT2D eigenvalue weighted by Crippen LogP contribution is 2.27. The molecule has 2 aromatic heterocycles. The maximum Gasteiger partial charge on any atom is 0.267 e. The van der Waals surface area contributed by atoms with Gasteiger partial charge in [-0.2, -0.15) is 4.80 Å². The molecule has 0 unspecified atom stereocenters. The summed E-state index contributed by atoms with van der Waals surface area (Å²) in [5.41, 5.74) is 0.564. The highest BCUT2D eigenvalue weighted by Gasteiger charge is 2.27. The van der Waals surface area contributed by atoms with Gasteiger partial charge in [0, 0.05) is 12.8 Å². The van der Waals surface area contributed by atoms with E-state index in [1.54, 1.807) is 17.8 Å². The molecule has 1 aromatic carbocycles. The maximum absolute atomic E-state index is 14.8. The van der Waals surface area contributed by atoms with Crippen molar-refractivity contribution in [2.75, 3.05) is 30.1 Å². The van der Waals surface area contributed by atoms with Gasteiger partial charge in [0.15, 0.2) is 5.82 Å². The Morgan fingerprint density at radius 2 is 2.23 bits per heavy atom. The van der Waals surface area contributed by atoms with Crippen molar-refractivity contribution in [2.24, 2.45) is 7.05 Å². The zero-order chi connectivity index (χ0) is 21.3. The fourth-order valence-corrected chi connectivity index (χ4v) is 3.14. The molecule has 30 heavy (non-hydrogen) atoms. The minimum atomic E-state index is -0.567. The van der Waals surface area contributed by atoms with E-state index in [0.29, 0.717) is 37.1 Å². The van der Waals surface area contributed by atoms with Crippen molar-refractivity contribution in [3.05, 3.63) is 29.8 Å². The number of anilines is 2. The van der Waals surface area contributed by atoms with E-state index in [4.69, 9.17) is 4.74 Å². The normalized spacial score (nSPS) is 14.1. The molecule has 0 radical (unpaired) electrons. The van der Waals surface area contributed by atoms with Crippen LogP contribution in [-0.4, -0.2) is 72.9 Å². The number of fused-ring (bicyclic) bond motifs is 1. The van der Waals surface area contributed by atoms with Crippen molar-refractivity contribution in [3.8, 4) is 11.4 Å². The topological polar surface area (TPSA) is 127 Å². The van der Waals surface area contributed by atoms with Crippen LogP contribution in [-0.2, 0) is 29.8 Å². The largest absolute Gasteiger partial charge is 0.394 e. The Balaban J connectivity index is 1.52. The lowest BCUT2D eigenvalue weighted by molar-refractivity contribution is -0.107. The number of tetrazole rings is 1. The van der Waals surface area contributed by atoms with E-state index < -0.39 is 11.9 Å². The number of ether oxygens (including phenoxy) is 1. The summed E-state index contributed by atoms with van der Waals surface area (Å²) in [6.07, 6.45) is -0.00305. The number of benzene rings is 1. The first-order valence-electron chi connectivity index (χ1n) is 9.10. The lowest BCUT2D eigenvalue weighted by atomic mass is 10.1. The molecule has 0 aliphatic carbocycles. The molecular weight excluding hydrogens is 397 g/mol. The first-order chi connectivity index (χ1) is 14.5. The second kappa shape index (κ2) is 8.12. The number of carbonyl (C=O) groups excluding carboxylic acids is 1. The van der Waals surface area contributed by atoms with Gasteiger partial charge in [0.2, 0.25) is 6.41 Å². The number of hydrogen-bond acceptors (Lipinski definition) is 9. The van der Waals surface area contributed by atoms with Crippen LogP contribution < -0.4 is 9.80 Å². The summed E-state index contributed by atoms with van der Waals surface area (Å²) in [6, 6.07) is 4.35. The third-order valence-corrected chi connectivity index (χ3v) is 4.76.